The van der Waals surface area contributed by atoms with Crippen molar-refractivity contribution < 1.29 is 23.9 Å². The van der Waals surface area contributed by atoms with Crippen molar-refractivity contribution in [3.05, 3.63) is 101 Å². The van der Waals surface area contributed by atoms with Gasteiger partial charge in [0, 0.05) is 23.7 Å². The number of hydrogen-bond donors (Lipinski definition) is 0. The standard InChI is InChI=1S/C29H21ClN2O5/c1-16(33)37-21-12-10-20(11-13-21)32-28(35)23-24(29(32)36)26(27(34)18-6-8-19(30)9-7-18)31-15-14-17-4-2-3-5-22(17)25(23)31/h2-15,23-26H,1H3. The van der Waals surface area contributed by atoms with Gasteiger partial charge in [0.1, 0.15) is 11.8 Å². The number of benzene rings is 3. The molecule has 3 heterocycles. The Morgan fingerprint density at radius 2 is 1.54 bits per heavy atom. The molecule has 7 nitrogen and oxygen atoms in total. The van der Waals surface area contributed by atoms with E-state index in [1.165, 1.54) is 19.1 Å². The molecule has 0 aromatic heterocycles. The molecule has 3 aliphatic rings. The summed E-state index contributed by atoms with van der Waals surface area (Å²) in [4.78, 5) is 56.0. The fourth-order valence-corrected chi connectivity index (χ4v) is 5.85. The largest absolute Gasteiger partial charge is 0.427 e. The van der Waals surface area contributed by atoms with Crippen molar-refractivity contribution in [1.29, 1.82) is 0 Å². The maximum atomic E-state index is 13.9. The SMILES string of the molecule is CC(=O)Oc1ccc(N2C(=O)C3C(C2=O)C2c4ccccc4C=CN2C3C(=O)c2ccc(Cl)cc2)cc1. The van der Waals surface area contributed by atoms with Crippen molar-refractivity contribution in [2.24, 2.45) is 11.8 Å². The molecule has 2 amide bonds. The molecule has 3 aliphatic heterocycles. The molecule has 0 aliphatic carbocycles. The van der Waals surface area contributed by atoms with Gasteiger partial charge in [-0.2, -0.15) is 0 Å². The van der Waals surface area contributed by atoms with Crippen molar-refractivity contribution in [2.75, 3.05) is 4.90 Å². The second-order valence-corrected chi connectivity index (χ2v) is 9.74. The van der Waals surface area contributed by atoms with Crippen LogP contribution in [0.2, 0.25) is 5.02 Å². The summed E-state index contributed by atoms with van der Waals surface area (Å²) in [7, 11) is 0. The van der Waals surface area contributed by atoms with E-state index in [0.29, 0.717) is 22.0 Å². The van der Waals surface area contributed by atoms with Gasteiger partial charge < -0.3 is 9.64 Å². The van der Waals surface area contributed by atoms with E-state index in [2.05, 4.69) is 0 Å². The molecule has 0 spiro atoms. The third-order valence-electron chi connectivity index (χ3n) is 7.22. The molecule has 8 heteroatoms. The molecule has 2 saturated heterocycles. The van der Waals surface area contributed by atoms with Gasteiger partial charge in [-0.15, -0.1) is 0 Å². The lowest BCUT2D eigenvalue weighted by molar-refractivity contribution is -0.132. The van der Waals surface area contributed by atoms with Gasteiger partial charge >= 0.3 is 5.97 Å². The Kier molecular flexibility index (Phi) is 5.46. The Hall–Kier alpha value is -4.23. The highest BCUT2D eigenvalue weighted by Gasteiger charge is 2.64. The maximum absolute atomic E-state index is 13.9. The Morgan fingerprint density at radius 1 is 0.865 bits per heavy atom. The van der Waals surface area contributed by atoms with Crippen LogP contribution in [0.25, 0.3) is 6.08 Å². The van der Waals surface area contributed by atoms with Crippen LogP contribution >= 0.6 is 11.6 Å². The van der Waals surface area contributed by atoms with E-state index in [0.717, 1.165) is 16.0 Å². The minimum atomic E-state index is -0.871. The molecule has 3 aromatic carbocycles. The molecule has 0 saturated carbocycles. The first-order valence-electron chi connectivity index (χ1n) is 11.9. The maximum Gasteiger partial charge on any atom is 0.308 e. The number of rotatable bonds is 4. The Labute approximate surface area is 217 Å². The van der Waals surface area contributed by atoms with E-state index in [-0.39, 0.29) is 11.7 Å². The zero-order valence-electron chi connectivity index (χ0n) is 19.7. The topological polar surface area (TPSA) is 84.0 Å². The number of carbonyl (C=O) groups is 4. The number of fused-ring (bicyclic) bond motifs is 5. The van der Waals surface area contributed by atoms with Crippen molar-refractivity contribution in [3.8, 4) is 5.75 Å². The lowest BCUT2D eigenvalue weighted by Gasteiger charge is -2.35. The first-order chi connectivity index (χ1) is 17.8. The van der Waals surface area contributed by atoms with Crippen LogP contribution in [0.15, 0.2) is 79.0 Å². The predicted molar refractivity (Wildman–Crippen MR) is 137 cm³/mol. The third-order valence-corrected chi connectivity index (χ3v) is 7.47. The van der Waals surface area contributed by atoms with Crippen molar-refractivity contribution in [3.63, 3.8) is 0 Å². The zero-order chi connectivity index (χ0) is 25.8. The lowest BCUT2D eigenvalue weighted by atomic mass is 9.83. The number of anilines is 1. The van der Waals surface area contributed by atoms with Crippen LogP contribution < -0.4 is 9.64 Å². The number of esters is 1. The summed E-state index contributed by atoms with van der Waals surface area (Å²) >= 11 is 6.03. The van der Waals surface area contributed by atoms with E-state index < -0.39 is 35.8 Å². The number of hydrogen-bond acceptors (Lipinski definition) is 6. The minimum absolute atomic E-state index is 0.244. The van der Waals surface area contributed by atoms with Crippen LogP contribution in [0, 0.1) is 11.8 Å². The molecule has 3 aromatic rings. The van der Waals surface area contributed by atoms with Crippen molar-refractivity contribution in [2.45, 2.75) is 19.0 Å². The zero-order valence-corrected chi connectivity index (χ0v) is 20.5. The Morgan fingerprint density at radius 3 is 2.24 bits per heavy atom. The highest BCUT2D eigenvalue weighted by Crippen LogP contribution is 2.53. The number of imide groups is 1. The van der Waals surface area contributed by atoms with Crippen LogP contribution in [0.3, 0.4) is 0 Å². The van der Waals surface area contributed by atoms with Gasteiger partial charge in [-0.05, 0) is 65.7 Å². The van der Waals surface area contributed by atoms with Crippen molar-refractivity contribution in [1.82, 2.24) is 4.90 Å². The predicted octanol–water partition coefficient (Wildman–Crippen LogP) is 4.66. The molecule has 0 bridgehead atoms. The molecule has 0 radical (unpaired) electrons. The molecule has 6 rings (SSSR count). The highest BCUT2D eigenvalue weighted by atomic mass is 35.5. The van der Waals surface area contributed by atoms with Crippen LogP contribution in [-0.2, 0) is 14.4 Å². The minimum Gasteiger partial charge on any atom is -0.427 e. The van der Waals surface area contributed by atoms with Gasteiger partial charge in [0.2, 0.25) is 11.8 Å². The summed E-state index contributed by atoms with van der Waals surface area (Å²) in [5.41, 5.74) is 2.64. The van der Waals surface area contributed by atoms with Crippen LogP contribution in [0.1, 0.15) is 34.5 Å². The summed E-state index contributed by atoms with van der Waals surface area (Å²) in [5.74, 6) is -2.80. The van der Waals surface area contributed by atoms with E-state index in [1.807, 2.05) is 41.4 Å². The van der Waals surface area contributed by atoms with Crippen molar-refractivity contribution >= 4 is 46.9 Å². The van der Waals surface area contributed by atoms with E-state index >= 15 is 0 Å². The molecule has 0 N–H and O–H groups in total. The number of amides is 2. The Bertz CT molecular complexity index is 1480. The number of Topliss-reactive ketones (excluding diaryl/α,β-unsaturated/α-hetero) is 1. The van der Waals surface area contributed by atoms with Gasteiger partial charge in [0.25, 0.3) is 0 Å². The van der Waals surface area contributed by atoms with E-state index in [9.17, 15) is 19.2 Å². The summed E-state index contributed by atoms with van der Waals surface area (Å²) < 4.78 is 5.08. The van der Waals surface area contributed by atoms with Gasteiger partial charge in [-0.3, -0.25) is 19.2 Å². The highest BCUT2D eigenvalue weighted by molar-refractivity contribution is 6.30. The van der Waals surface area contributed by atoms with Gasteiger partial charge in [0.15, 0.2) is 5.78 Å². The van der Waals surface area contributed by atoms with E-state index in [1.54, 1.807) is 36.4 Å². The number of ketones is 1. The fraction of sp³-hybridized carbons (Fsp3) is 0.172. The smallest absolute Gasteiger partial charge is 0.308 e. The van der Waals surface area contributed by atoms with E-state index in [4.69, 9.17) is 16.3 Å². The number of halogens is 1. The summed E-state index contributed by atoms with van der Waals surface area (Å²) in [6.45, 7) is 1.29. The summed E-state index contributed by atoms with van der Waals surface area (Å²) in [6.07, 6.45) is 3.73. The molecule has 4 unspecified atom stereocenters. The van der Waals surface area contributed by atoms with Gasteiger partial charge in [0.05, 0.1) is 23.6 Å². The summed E-state index contributed by atoms with van der Waals surface area (Å²) in [6, 6.07) is 19.1. The fourth-order valence-electron chi connectivity index (χ4n) is 5.73. The third kappa shape index (κ3) is 3.65. The lowest BCUT2D eigenvalue weighted by Crippen LogP contribution is -2.44. The van der Waals surface area contributed by atoms with Gasteiger partial charge in [-0.1, -0.05) is 35.9 Å². The molecular formula is C29H21ClN2O5. The molecule has 4 atom stereocenters. The summed E-state index contributed by atoms with van der Waals surface area (Å²) in [5, 5.41) is 0.501. The second kappa shape index (κ2) is 8.71. The molecule has 37 heavy (non-hydrogen) atoms. The molecular weight excluding hydrogens is 492 g/mol. The first kappa shape index (κ1) is 23.2. The van der Waals surface area contributed by atoms with Crippen LogP contribution in [0.5, 0.6) is 5.75 Å². The Balaban J connectivity index is 1.44. The molecule has 184 valence electrons. The molecule has 2 fully saturated rings. The van der Waals surface area contributed by atoms with Gasteiger partial charge in [-0.25, -0.2) is 4.90 Å². The number of nitrogens with zero attached hydrogens (tertiary/aromatic N) is 2. The second-order valence-electron chi connectivity index (χ2n) is 9.30. The van der Waals surface area contributed by atoms with Crippen LogP contribution in [-0.4, -0.2) is 34.5 Å². The average molecular weight is 513 g/mol. The monoisotopic (exact) mass is 512 g/mol. The average Bonchev–Trinajstić information content (AvgIpc) is 3.37. The first-order valence-corrected chi connectivity index (χ1v) is 12.2. The normalized spacial score (nSPS) is 23.5. The number of carbonyl (C=O) groups excluding carboxylic acids is 4. The number of ether oxygens (including phenoxy) is 1. The van der Waals surface area contributed by atoms with Crippen LogP contribution in [0.4, 0.5) is 5.69 Å². The quantitative estimate of drug-likeness (QED) is 0.219.